The van der Waals surface area contributed by atoms with Crippen molar-refractivity contribution in [2.75, 3.05) is 18.1 Å². The van der Waals surface area contributed by atoms with Crippen molar-refractivity contribution in [3.63, 3.8) is 0 Å². The number of halogens is 1. The Bertz CT molecular complexity index is 1590. The van der Waals surface area contributed by atoms with E-state index in [2.05, 4.69) is 10.2 Å². The Morgan fingerprint density at radius 1 is 0.952 bits per heavy atom. The van der Waals surface area contributed by atoms with E-state index in [0.29, 0.717) is 51.0 Å². The fourth-order valence-electron chi connectivity index (χ4n) is 4.43. The number of anilines is 1. The maximum atomic E-state index is 13.5. The van der Waals surface area contributed by atoms with Crippen molar-refractivity contribution in [2.24, 2.45) is 0 Å². The highest BCUT2D eigenvalue weighted by Gasteiger charge is 2.48. The van der Waals surface area contributed by atoms with Crippen molar-refractivity contribution in [2.45, 2.75) is 36.4 Å². The maximum absolute atomic E-state index is 13.5. The Hall–Kier alpha value is -3.86. The molecule has 0 bridgehead atoms. The third-order valence-corrected chi connectivity index (χ3v) is 8.81. The lowest BCUT2D eigenvalue weighted by Gasteiger charge is -2.22. The lowest BCUT2D eigenvalue weighted by molar-refractivity contribution is -0.132. The van der Waals surface area contributed by atoms with Gasteiger partial charge in [0.25, 0.3) is 5.78 Å². The Morgan fingerprint density at radius 2 is 1.62 bits per heavy atom. The highest BCUT2D eigenvalue weighted by Crippen LogP contribution is 2.44. The minimum absolute atomic E-state index is 0.0306. The molecule has 216 valence electrons. The van der Waals surface area contributed by atoms with E-state index in [1.165, 1.54) is 28.0 Å². The number of amides is 1. The quantitative estimate of drug-likeness (QED) is 0.0612. The molecule has 4 aromatic rings. The smallest absolute Gasteiger partial charge is 0.301 e. The van der Waals surface area contributed by atoms with Gasteiger partial charge in [-0.2, -0.15) is 0 Å². The molecule has 0 saturated carbocycles. The van der Waals surface area contributed by atoms with Crippen molar-refractivity contribution < 1.29 is 24.2 Å². The largest absolute Gasteiger partial charge is 0.507 e. The monoisotopic (exact) mass is 621 g/mol. The van der Waals surface area contributed by atoms with Crippen LogP contribution in [0.5, 0.6) is 11.5 Å². The Labute approximate surface area is 257 Å². The van der Waals surface area contributed by atoms with E-state index in [1.54, 1.807) is 48.5 Å². The number of aromatic nitrogens is 2. The summed E-state index contributed by atoms with van der Waals surface area (Å²) in [7, 11) is 0. The van der Waals surface area contributed by atoms with Crippen molar-refractivity contribution in [1.82, 2.24) is 10.2 Å². The number of ketones is 1. The number of Topliss-reactive ketones (excluding diaryl/α,β-unsaturated/α-hetero) is 1. The van der Waals surface area contributed by atoms with Crippen molar-refractivity contribution in [3.8, 4) is 11.5 Å². The Morgan fingerprint density at radius 3 is 2.29 bits per heavy atom. The van der Waals surface area contributed by atoms with E-state index < -0.39 is 17.7 Å². The first-order valence-electron chi connectivity index (χ1n) is 13.4. The van der Waals surface area contributed by atoms with Crippen LogP contribution in [0.1, 0.15) is 43.0 Å². The van der Waals surface area contributed by atoms with Gasteiger partial charge in [-0.25, -0.2) is 0 Å². The van der Waals surface area contributed by atoms with Crippen LogP contribution in [-0.2, 0) is 15.3 Å². The summed E-state index contributed by atoms with van der Waals surface area (Å²) in [6, 6.07) is 20.5. The highest BCUT2D eigenvalue weighted by molar-refractivity contribution is 8.00. The molecule has 2 heterocycles. The first-order chi connectivity index (χ1) is 20.4. The first-order valence-corrected chi connectivity index (χ1v) is 15.5. The van der Waals surface area contributed by atoms with Crippen LogP contribution in [0, 0.1) is 0 Å². The molecule has 11 heteroatoms. The van der Waals surface area contributed by atoms with E-state index in [4.69, 9.17) is 21.1 Å². The van der Waals surface area contributed by atoms with Crippen LogP contribution in [-0.4, -0.2) is 40.2 Å². The van der Waals surface area contributed by atoms with Gasteiger partial charge in [-0.05, 0) is 73.0 Å². The van der Waals surface area contributed by atoms with E-state index in [-0.39, 0.29) is 16.5 Å². The van der Waals surface area contributed by atoms with Crippen molar-refractivity contribution in [3.05, 3.63) is 100 Å². The number of nitrogens with zero attached hydrogens (tertiary/aromatic N) is 3. The number of carbonyl (C=O) groups excluding carboxylic acids is 2. The molecule has 42 heavy (non-hydrogen) atoms. The number of thioether (sulfide) groups is 1. The van der Waals surface area contributed by atoms with Crippen LogP contribution in [0.15, 0.2) is 82.7 Å². The molecule has 1 N–H and O–H groups in total. The Kier molecular flexibility index (Phi) is 9.46. The standard InChI is InChI=1S/C31H28ClN3O5S2/c1-3-17-40-24-13-7-20(8-14-24)26-25(27(36)21-9-15-23(16-10-21)39-4-2)28(37)29(38)35(26)30-33-34-31(42-30)41-18-19-5-11-22(32)12-6-19/h5-16,26,36H,3-4,17-18H2,1-2H3/b27-25-. The van der Waals surface area contributed by atoms with Crippen molar-refractivity contribution >= 4 is 57.3 Å². The summed E-state index contributed by atoms with van der Waals surface area (Å²) in [5, 5.41) is 20.9. The van der Waals surface area contributed by atoms with Gasteiger partial charge in [0.15, 0.2) is 4.34 Å². The summed E-state index contributed by atoms with van der Waals surface area (Å²) < 4.78 is 11.9. The number of aliphatic hydroxyl groups is 1. The SMILES string of the molecule is CCCOc1ccc(C2/C(=C(/O)c3ccc(OCC)cc3)C(=O)C(=O)N2c2nnc(SCc3ccc(Cl)cc3)s2)cc1. The number of aliphatic hydroxyl groups excluding tert-OH is 1. The van der Waals surface area contributed by atoms with Gasteiger partial charge in [0.1, 0.15) is 17.3 Å². The molecule has 1 amide bonds. The van der Waals surface area contributed by atoms with Crippen LogP contribution in [0.2, 0.25) is 5.02 Å². The van der Waals surface area contributed by atoms with Crippen LogP contribution in [0.3, 0.4) is 0 Å². The number of hydrogen-bond donors (Lipinski definition) is 1. The molecule has 0 spiro atoms. The molecule has 1 fully saturated rings. The average Bonchev–Trinajstić information content (AvgIpc) is 3.58. The zero-order chi connectivity index (χ0) is 29.6. The summed E-state index contributed by atoms with van der Waals surface area (Å²) in [6.07, 6.45) is 0.861. The fraction of sp³-hybridized carbons (Fsp3) is 0.226. The molecule has 8 nitrogen and oxygen atoms in total. The summed E-state index contributed by atoms with van der Waals surface area (Å²) in [5.74, 6) is 0.0574. The van der Waals surface area contributed by atoms with Crippen LogP contribution >= 0.6 is 34.7 Å². The molecule has 1 aliphatic rings. The number of hydrogen-bond acceptors (Lipinski definition) is 9. The molecule has 1 aliphatic heterocycles. The minimum Gasteiger partial charge on any atom is -0.507 e. The lowest BCUT2D eigenvalue weighted by atomic mass is 9.95. The number of benzene rings is 3. The second-order valence-electron chi connectivity index (χ2n) is 9.31. The predicted octanol–water partition coefficient (Wildman–Crippen LogP) is 7.30. The van der Waals surface area contributed by atoms with Crippen LogP contribution < -0.4 is 14.4 Å². The van der Waals surface area contributed by atoms with E-state index >= 15 is 0 Å². The molecule has 0 radical (unpaired) electrons. The molecule has 1 atom stereocenters. The second kappa shape index (κ2) is 13.4. The van der Waals surface area contributed by atoms with Gasteiger partial charge in [0, 0.05) is 16.3 Å². The average molecular weight is 622 g/mol. The molecule has 1 unspecified atom stereocenters. The number of ether oxygens (including phenoxy) is 2. The zero-order valence-electron chi connectivity index (χ0n) is 23.0. The van der Waals surface area contributed by atoms with Crippen LogP contribution in [0.4, 0.5) is 5.13 Å². The third kappa shape index (κ3) is 6.46. The van der Waals surface area contributed by atoms with Crippen molar-refractivity contribution in [1.29, 1.82) is 0 Å². The third-order valence-electron chi connectivity index (χ3n) is 6.43. The molecular weight excluding hydrogens is 594 g/mol. The van der Waals surface area contributed by atoms with Gasteiger partial charge in [0.05, 0.1) is 24.8 Å². The second-order valence-corrected chi connectivity index (χ2v) is 11.9. The van der Waals surface area contributed by atoms with E-state index in [9.17, 15) is 14.7 Å². The van der Waals surface area contributed by atoms with Crippen LogP contribution in [0.25, 0.3) is 5.76 Å². The van der Waals surface area contributed by atoms with Gasteiger partial charge in [-0.1, -0.05) is 65.9 Å². The first kappa shape index (κ1) is 29.6. The zero-order valence-corrected chi connectivity index (χ0v) is 25.3. The summed E-state index contributed by atoms with van der Waals surface area (Å²) >= 11 is 8.67. The van der Waals surface area contributed by atoms with E-state index in [0.717, 1.165) is 12.0 Å². The summed E-state index contributed by atoms with van der Waals surface area (Å²) in [4.78, 5) is 28.3. The van der Waals surface area contributed by atoms with Gasteiger partial charge in [0.2, 0.25) is 5.13 Å². The summed E-state index contributed by atoms with van der Waals surface area (Å²) in [6.45, 7) is 4.96. The molecule has 5 rings (SSSR count). The fourth-order valence-corrected chi connectivity index (χ4v) is 6.38. The molecule has 1 aromatic heterocycles. The predicted molar refractivity (Wildman–Crippen MR) is 166 cm³/mol. The van der Waals surface area contributed by atoms with Gasteiger partial charge in [-0.3, -0.25) is 14.5 Å². The highest BCUT2D eigenvalue weighted by atomic mass is 35.5. The Balaban J connectivity index is 1.51. The minimum atomic E-state index is -0.918. The maximum Gasteiger partial charge on any atom is 0.301 e. The molecule has 1 saturated heterocycles. The topological polar surface area (TPSA) is 102 Å². The normalized spacial score (nSPS) is 16.2. The molecule has 0 aliphatic carbocycles. The van der Waals surface area contributed by atoms with Gasteiger partial charge < -0.3 is 14.6 Å². The number of carbonyl (C=O) groups is 2. The lowest BCUT2D eigenvalue weighted by Crippen LogP contribution is -2.29. The molecule has 3 aromatic carbocycles. The van der Waals surface area contributed by atoms with Gasteiger partial charge in [-0.15, -0.1) is 10.2 Å². The number of rotatable bonds is 11. The van der Waals surface area contributed by atoms with Gasteiger partial charge >= 0.3 is 5.91 Å². The van der Waals surface area contributed by atoms with E-state index in [1.807, 2.05) is 38.1 Å². The molecular formula is C31H28ClN3O5S2. The summed E-state index contributed by atoms with van der Waals surface area (Å²) in [5.41, 5.74) is 2.04.